The van der Waals surface area contributed by atoms with Crippen molar-refractivity contribution in [1.82, 2.24) is 10.2 Å². The minimum atomic E-state index is -3.87. The van der Waals surface area contributed by atoms with Gasteiger partial charge < -0.3 is 10.2 Å². The molecule has 0 radical (unpaired) electrons. The Labute approximate surface area is 243 Å². The minimum absolute atomic E-state index is 0.0946. The lowest BCUT2D eigenvalue weighted by atomic mass is 10.0. The second-order valence-corrected chi connectivity index (χ2v) is 12.5. The van der Waals surface area contributed by atoms with Gasteiger partial charge in [-0.15, -0.1) is 0 Å². The molecule has 0 saturated carbocycles. The van der Waals surface area contributed by atoms with Crippen LogP contribution in [0.2, 0.25) is 5.02 Å². The van der Waals surface area contributed by atoms with Gasteiger partial charge in [-0.25, -0.2) is 8.42 Å². The van der Waals surface area contributed by atoms with Crippen LogP contribution in [0, 0.1) is 13.8 Å². The molecule has 2 atom stereocenters. The molecule has 0 fully saturated rings. The summed E-state index contributed by atoms with van der Waals surface area (Å²) in [4.78, 5) is 29.4. The van der Waals surface area contributed by atoms with E-state index in [1.165, 1.54) is 11.0 Å². The lowest BCUT2D eigenvalue weighted by molar-refractivity contribution is -0.140. The molecule has 9 heteroatoms. The van der Waals surface area contributed by atoms with Crippen molar-refractivity contribution in [3.05, 3.63) is 100 Å². The molecule has 40 heavy (non-hydrogen) atoms. The van der Waals surface area contributed by atoms with E-state index in [0.29, 0.717) is 16.3 Å². The number of hydrogen-bond acceptors (Lipinski definition) is 4. The second kappa shape index (κ2) is 13.8. The van der Waals surface area contributed by atoms with E-state index < -0.39 is 28.5 Å². The van der Waals surface area contributed by atoms with Gasteiger partial charge in [-0.05, 0) is 61.6 Å². The summed E-state index contributed by atoms with van der Waals surface area (Å²) < 4.78 is 27.0. The maximum Gasteiger partial charge on any atom is 0.244 e. The maximum absolute atomic E-state index is 14.2. The summed E-state index contributed by atoms with van der Waals surface area (Å²) >= 11 is 6.21. The number of carbonyl (C=O) groups excluding carboxylic acids is 2. The smallest absolute Gasteiger partial charge is 0.244 e. The van der Waals surface area contributed by atoms with Crippen LogP contribution in [-0.2, 0) is 32.6 Å². The third kappa shape index (κ3) is 8.32. The van der Waals surface area contributed by atoms with Gasteiger partial charge >= 0.3 is 0 Å². The van der Waals surface area contributed by atoms with E-state index in [1.807, 2.05) is 75.4 Å². The molecular formula is C31H38ClN3O4S. The highest BCUT2D eigenvalue weighted by molar-refractivity contribution is 7.92. The van der Waals surface area contributed by atoms with Crippen molar-refractivity contribution in [2.45, 2.75) is 59.2 Å². The molecule has 7 nitrogen and oxygen atoms in total. The maximum atomic E-state index is 14.2. The van der Waals surface area contributed by atoms with Crippen LogP contribution < -0.4 is 9.62 Å². The molecule has 0 aliphatic rings. The number of amides is 2. The Kier molecular flexibility index (Phi) is 10.8. The number of anilines is 1. The highest BCUT2D eigenvalue weighted by Crippen LogP contribution is 2.27. The molecule has 0 aromatic heterocycles. The quantitative estimate of drug-likeness (QED) is 0.314. The van der Waals surface area contributed by atoms with E-state index >= 15 is 0 Å². The number of sulfonamides is 1. The molecule has 0 aliphatic carbocycles. The topological polar surface area (TPSA) is 86.8 Å². The SMILES string of the molecule is CC[C@H](C)NC(=O)[C@H](Cc1ccccc1)N(Cc1ccccc1C)C(=O)CN(c1cc(Cl)ccc1C)S(C)(=O)=O. The number of aryl methyl sites for hydroxylation is 2. The molecule has 0 aliphatic heterocycles. The third-order valence-electron chi connectivity index (χ3n) is 6.99. The minimum Gasteiger partial charge on any atom is -0.352 e. The summed E-state index contributed by atoms with van der Waals surface area (Å²) in [5, 5.41) is 3.39. The standard InChI is InChI=1S/C31H38ClN3O4S/c1-6-24(4)33-31(37)29(18-25-13-8-7-9-14-25)34(20-26-15-11-10-12-22(26)2)30(36)21-35(40(5,38)39)28-19-27(32)17-16-23(28)3/h7-17,19,24,29H,6,18,20-21H2,1-5H3,(H,33,37)/t24-,29-/m0/s1. The monoisotopic (exact) mass is 583 g/mol. The molecular weight excluding hydrogens is 546 g/mol. The Bertz CT molecular complexity index is 1430. The number of hydrogen-bond donors (Lipinski definition) is 1. The average Bonchev–Trinajstić information content (AvgIpc) is 2.91. The van der Waals surface area contributed by atoms with Crippen molar-refractivity contribution in [3.8, 4) is 0 Å². The molecule has 0 heterocycles. The van der Waals surface area contributed by atoms with Crippen molar-refractivity contribution < 1.29 is 18.0 Å². The summed E-state index contributed by atoms with van der Waals surface area (Å²) in [5.74, 6) is -0.779. The lowest BCUT2D eigenvalue weighted by Crippen LogP contribution is -2.54. The fraction of sp³-hybridized carbons (Fsp3) is 0.355. The predicted molar refractivity (Wildman–Crippen MR) is 162 cm³/mol. The number of benzene rings is 3. The van der Waals surface area contributed by atoms with Crippen LogP contribution in [0.15, 0.2) is 72.8 Å². The van der Waals surface area contributed by atoms with Crippen molar-refractivity contribution in [2.75, 3.05) is 17.1 Å². The van der Waals surface area contributed by atoms with Gasteiger partial charge in [-0.2, -0.15) is 0 Å². The molecule has 2 amide bonds. The first-order chi connectivity index (χ1) is 18.9. The van der Waals surface area contributed by atoms with Crippen molar-refractivity contribution in [3.63, 3.8) is 0 Å². The predicted octanol–water partition coefficient (Wildman–Crippen LogP) is 5.28. The molecule has 0 saturated heterocycles. The summed E-state index contributed by atoms with van der Waals surface area (Å²) in [6.07, 6.45) is 2.06. The van der Waals surface area contributed by atoms with Gasteiger partial charge in [-0.3, -0.25) is 13.9 Å². The number of halogens is 1. The zero-order valence-electron chi connectivity index (χ0n) is 23.7. The van der Waals surface area contributed by atoms with Gasteiger partial charge in [0.05, 0.1) is 11.9 Å². The average molecular weight is 584 g/mol. The Hall–Kier alpha value is -3.36. The Morgan fingerprint density at radius 1 is 0.950 bits per heavy atom. The molecule has 0 spiro atoms. The van der Waals surface area contributed by atoms with Crippen molar-refractivity contribution >= 4 is 39.1 Å². The lowest BCUT2D eigenvalue weighted by Gasteiger charge is -2.34. The number of carbonyl (C=O) groups is 2. The van der Waals surface area contributed by atoms with Crippen molar-refractivity contribution in [2.24, 2.45) is 0 Å². The number of nitrogens with zero attached hydrogens (tertiary/aromatic N) is 2. The summed E-state index contributed by atoms with van der Waals surface area (Å²) in [5.41, 5.74) is 3.70. The number of rotatable bonds is 12. The van der Waals surface area contributed by atoms with Gasteiger partial charge in [0.2, 0.25) is 21.8 Å². The van der Waals surface area contributed by atoms with Crippen LogP contribution in [0.4, 0.5) is 5.69 Å². The molecule has 3 aromatic rings. The van der Waals surface area contributed by atoms with Crippen LogP contribution in [0.1, 0.15) is 42.5 Å². The summed E-state index contributed by atoms with van der Waals surface area (Å²) in [6, 6.07) is 21.1. The number of nitrogens with one attached hydrogen (secondary N) is 1. The first-order valence-electron chi connectivity index (χ1n) is 13.3. The van der Waals surface area contributed by atoms with Crippen molar-refractivity contribution in [1.29, 1.82) is 0 Å². The highest BCUT2D eigenvalue weighted by atomic mass is 35.5. The van der Waals surface area contributed by atoms with Crippen LogP contribution in [-0.4, -0.2) is 50.0 Å². The normalized spacial score (nSPS) is 12.8. The third-order valence-corrected chi connectivity index (χ3v) is 8.35. The summed E-state index contributed by atoms with van der Waals surface area (Å²) in [7, 11) is -3.87. The Morgan fingerprint density at radius 2 is 1.60 bits per heavy atom. The molecule has 3 rings (SSSR count). The largest absolute Gasteiger partial charge is 0.352 e. The summed E-state index contributed by atoms with van der Waals surface area (Å²) in [6.45, 7) is 7.26. The molecule has 0 unspecified atom stereocenters. The van der Waals surface area contributed by atoms with Crippen LogP contribution in [0.3, 0.4) is 0 Å². The Balaban J connectivity index is 2.10. The molecule has 0 bridgehead atoms. The first-order valence-corrected chi connectivity index (χ1v) is 15.6. The van der Waals surface area contributed by atoms with E-state index in [9.17, 15) is 18.0 Å². The zero-order valence-corrected chi connectivity index (χ0v) is 25.3. The Morgan fingerprint density at radius 3 is 2.23 bits per heavy atom. The van der Waals surface area contributed by atoms with E-state index in [2.05, 4.69) is 5.32 Å². The van der Waals surface area contributed by atoms with Gasteiger partial charge in [0.25, 0.3) is 0 Å². The van der Waals surface area contributed by atoms with Gasteiger partial charge in [0, 0.05) is 24.0 Å². The van der Waals surface area contributed by atoms with E-state index in [1.54, 1.807) is 19.1 Å². The molecule has 3 aromatic carbocycles. The van der Waals surface area contributed by atoms with Gasteiger partial charge in [-0.1, -0.05) is 79.2 Å². The fourth-order valence-corrected chi connectivity index (χ4v) is 5.48. The van der Waals surface area contributed by atoms with Gasteiger partial charge in [0.1, 0.15) is 12.6 Å². The molecule has 1 N–H and O–H groups in total. The van der Waals surface area contributed by atoms with Gasteiger partial charge in [0.15, 0.2) is 0 Å². The van der Waals surface area contributed by atoms with Crippen LogP contribution in [0.25, 0.3) is 0 Å². The fourth-order valence-electron chi connectivity index (χ4n) is 4.41. The second-order valence-electron chi connectivity index (χ2n) is 10.2. The van der Waals surface area contributed by atoms with E-state index in [-0.39, 0.29) is 24.9 Å². The first kappa shape index (κ1) is 31.2. The molecule has 214 valence electrons. The van der Waals surface area contributed by atoms with Crippen LogP contribution >= 0.6 is 11.6 Å². The van der Waals surface area contributed by atoms with E-state index in [4.69, 9.17) is 11.6 Å². The highest BCUT2D eigenvalue weighted by Gasteiger charge is 2.34. The van der Waals surface area contributed by atoms with E-state index in [0.717, 1.165) is 33.7 Å². The van der Waals surface area contributed by atoms with Crippen LogP contribution in [0.5, 0.6) is 0 Å². The zero-order chi connectivity index (χ0) is 29.4.